The maximum atomic E-state index is 5.05. The lowest BCUT2D eigenvalue weighted by molar-refractivity contribution is 0.200. The standard InChI is InChI=1S/C14H22N6OS/c1-11-15-14(17-21-11)9-19(2)13-4-3-6-20(7-5-13)8-12-10-22-18-16-12/h10,13H,3-9H2,1-2H3/t13-/m1/s1. The maximum absolute atomic E-state index is 5.05. The first kappa shape index (κ1) is 15.5. The monoisotopic (exact) mass is 322 g/mol. The molecule has 8 heteroatoms. The van der Waals surface area contributed by atoms with Gasteiger partial charge in [-0.3, -0.25) is 9.80 Å². The van der Waals surface area contributed by atoms with Gasteiger partial charge in [0.25, 0.3) is 0 Å². The second kappa shape index (κ2) is 7.26. The molecule has 1 aliphatic rings. The van der Waals surface area contributed by atoms with Gasteiger partial charge in [0.15, 0.2) is 5.82 Å². The molecule has 0 aromatic carbocycles. The second-order valence-electron chi connectivity index (χ2n) is 5.90. The number of hydrogen-bond donors (Lipinski definition) is 0. The van der Waals surface area contributed by atoms with Gasteiger partial charge in [-0.05, 0) is 44.4 Å². The summed E-state index contributed by atoms with van der Waals surface area (Å²) < 4.78 is 8.98. The van der Waals surface area contributed by atoms with E-state index < -0.39 is 0 Å². The summed E-state index contributed by atoms with van der Waals surface area (Å²) in [5.74, 6) is 1.40. The Balaban J connectivity index is 1.51. The van der Waals surface area contributed by atoms with Crippen LogP contribution in [0, 0.1) is 6.92 Å². The zero-order valence-corrected chi connectivity index (χ0v) is 13.9. The molecule has 2 aromatic heterocycles. The number of likely N-dealkylation sites (tertiary alicyclic amines) is 1. The van der Waals surface area contributed by atoms with E-state index in [-0.39, 0.29) is 0 Å². The number of rotatable bonds is 5. The van der Waals surface area contributed by atoms with Gasteiger partial charge in [-0.1, -0.05) is 9.64 Å². The van der Waals surface area contributed by atoms with Crippen molar-refractivity contribution in [2.24, 2.45) is 0 Å². The highest BCUT2D eigenvalue weighted by Crippen LogP contribution is 2.18. The molecule has 0 bridgehead atoms. The lowest BCUT2D eigenvalue weighted by Gasteiger charge is -2.26. The summed E-state index contributed by atoms with van der Waals surface area (Å²) in [6.45, 7) is 5.71. The van der Waals surface area contributed by atoms with Gasteiger partial charge in [0, 0.05) is 31.4 Å². The van der Waals surface area contributed by atoms with Crippen molar-refractivity contribution in [1.29, 1.82) is 0 Å². The lowest BCUT2D eigenvalue weighted by atomic mass is 10.1. The second-order valence-corrected chi connectivity index (χ2v) is 6.51. The summed E-state index contributed by atoms with van der Waals surface area (Å²) in [6.07, 6.45) is 3.57. The summed E-state index contributed by atoms with van der Waals surface area (Å²) in [5, 5.41) is 10.2. The number of aryl methyl sites for hydroxylation is 1. The molecule has 3 rings (SSSR count). The Bertz CT molecular complexity index is 572. The van der Waals surface area contributed by atoms with E-state index in [1.54, 1.807) is 0 Å². The number of nitrogens with zero attached hydrogens (tertiary/aromatic N) is 6. The van der Waals surface area contributed by atoms with Crippen LogP contribution in [0.3, 0.4) is 0 Å². The number of aromatic nitrogens is 4. The summed E-state index contributed by atoms with van der Waals surface area (Å²) >= 11 is 1.42. The predicted octanol–water partition coefficient (Wildman–Crippen LogP) is 1.72. The third kappa shape index (κ3) is 4.08. The van der Waals surface area contributed by atoms with Crippen LogP contribution in [0.2, 0.25) is 0 Å². The van der Waals surface area contributed by atoms with E-state index in [4.69, 9.17) is 4.52 Å². The van der Waals surface area contributed by atoms with Crippen LogP contribution in [0.25, 0.3) is 0 Å². The van der Waals surface area contributed by atoms with Gasteiger partial charge in [-0.2, -0.15) is 4.98 Å². The zero-order valence-electron chi connectivity index (χ0n) is 13.1. The maximum Gasteiger partial charge on any atom is 0.223 e. The van der Waals surface area contributed by atoms with Crippen molar-refractivity contribution in [3.63, 3.8) is 0 Å². The van der Waals surface area contributed by atoms with E-state index in [1.807, 2.05) is 12.3 Å². The molecule has 120 valence electrons. The summed E-state index contributed by atoms with van der Waals surface area (Å²) in [5.41, 5.74) is 1.08. The highest BCUT2D eigenvalue weighted by molar-refractivity contribution is 7.03. The third-order valence-electron chi connectivity index (χ3n) is 4.16. The van der Waals surface area contributed by atoms with Gasteiger partial charge in [0.05, 0.1) is 12.2 Å². The van der Waals surface area contributed by atoms with Gasteiger partial charge < -0.3 is 4.52 Å². The Hall–Kier alpha value is -1.38. The van der Waals surface area contributed by atoms with E-state index >= 15 is 0 Å². The van der Waals surface area contributed by atoms with E-state index in [1.165, 1.54) is 24.4 Å². The molecule has 22 heavy (non-hydrogen) atoms. The first-order chi connectivity index (χ1) is 10.7. The van der Waals surface area contributed by atoms with Gasteiger partial charge in [-0.15, -0.1) is 5.10 Å². The van der Waals surface area contributed by atoms with Crippen LogP contribution in [0.5, 0.6) is 0 Å². The van der Waals surface area contributed by atoms with Gasteiger partial charge in [-0.25, -0.2) is 0 Å². The van der Waals surface area contributed by atoms with Crippen LogP contribution < -0.4 is 0 Å². The molecule has 0 saturated carbocycles. The van der Waals surface area contributed by atoms with E-state index in [0.717, 1.165) is 44.1 Å². The fourth-order valence-corrected chi connectivity index (χ4v) is 3.42. The summed E-state index contributed by atoms with van der Waals surface area (Å²) in [6, 6.07) is 0.567. The molecule has 0 amide bonds. The molecule has 1 fully saturated rings. The summed E-state index contributed by atoms with van der Waals surface area (Å²) in [4.78, 5) is 9.11. The molecule has 0 spiro atoms. The van der Waals surface area contributed by atoms with Crippen molar-refractivity contribution < 1.29 is 4.52 Å². The Kier molecular flexibility index (Phi) is 5.12. The number of hydrogen-bond acceptors (Lipinski definition) is 8. The molecule has 0 unspecified atom stereocenters. The van der Waals surface area contributed by atoms with E-state index in [9.17, 15) is 0 Å². The van der Waals surface area contributed by atoms with Crippen molar-refractivity contribution in [1.82, 2.24) is 29.5 Å². The average Bonchev–Trinajstić information content (AvgIpc) is 3.07. The van der Waals surface area contributed by atoms with Crippen LogP contribution in [-0.2, 0) is 13.1 Å². The topological polar surface area (TPSA) is 71.2 Å². The molecule has 1 atom stereocenters. The lowest BCUT2D eigenvalue weighted by Crippen LogP contribution is -2.33. The molecule has 3 heterocycles. The Morgan fingerprint density at radius 3 is 3.05 bits per heavy atom. The normalized spacial score (nSPS) is 20.4. The van der Waals surface area contributed by atoms with Gasteiger partial charge in [0.1, 0.15) is 0 Å². The summed E-state index contributed by atoms with van der Waals surface area (Å²) in [7, 11) is 2.15. The fourth-order valence-electron chi connectivity index (χ4n) is 2.98. The minimum Gasteiger partial charge on any atom is -0.340 e. The van der Waals surface area contributed by atoms with Crippen molar-refractivity contribution in [2.45, 2.75) is 45.3 Å². The van der Waals surface area contributed by atoms with Crippen LogP contribution >= 0.6 is 11.5 Å². The molecule has 1 aliphatic heterocycles. The Labute approximate surface area is 134 Å². The van der Waals surface area contributed by atoms with E-state index in [2.05, 4.69) is 36.6 Å². The van der Waals surface area contributed by atoms with Crippen molar-refractivity contribution >= 4 is 11.5 Å². The van der Waals surface area contributed by atoms with Crippen molar-refractivity contribution in [2.75, 3.05) is 20.1 Å². The van der Waals surface area contributed by atoms with Gasteiger partial charge in [0.2, 0.25) is 5.89 Å². The van der Waals surface area contributed by atoms with Crippen LogP contribution in [0.1, 0.15) is 36.7 Å². The molecule has 7 nitrogen and oxygen atoms in total. The smallest absolute Gasteiger partial charge is 0.223 e. The molecule has 0 N–H and O–H groups in total. The molecule has 1 saturated heterocycles. The minimum absolute atomic E-state index is 0.567. The third-order valence-corrected chi connectivity index (χ3v) is 4.72. The molecule has 2 aromatic rings. The Morgan fingerprint density at radius 1 is 1.41 bits per heavy atom. The van der Waals surface area contributed by atoms with E-state index in [0.29, 0.717) is 11.9 Å². The average molecular weight is 322 g/mol. The largest absolute Gasteiger partial charge is 0.340 e. The SMILES string of the molecule is Cc1nc(CN(C)[C@@H]2CCCN(Cc3csnn3)CC2)no1. The van der Waals surface area contributed by atoms with Crippen LogP contribution in [0.15, 0.2) is 9.90 Å². The van der Waals surface area contributed by atoms with Crippen LogP contribution in [-0.4, -0.2) is 55.7 Å². The molecular formula is C14H22N6OS. The first-order valence-electron chi connectivity index (χ1n) is 7.68. The molecule has 0 radical (unpaired) electrons. The van der Waals surface area contributed by atoms with Crippen molar-refractivity contribution in [3.05, 3.63) is 22.8 Å². The fraction of sp³-hybridized carbons (Fsp3) is 0.714. The highest BCUT2D eigenvalue weighted by Gasteiger charge is 2.22. The molecule has 0 aliphatic carbocycles. The first-order valence-corrected chi connectivity index (χ1v) is 8.52. The predicted molar refractivity (Wildman–Crippen MR) is 83.3 cm³/mol. The zero-order chi connectivity index (χ0) is 15.4. The highest BCUT2D eigenvalue weighted by atomic mass is 32.1. The van der Waals surface area contributed by atoms with Crippen molar-refractivity contribution in [3.8, 4) is 0 Å². The Morgan fingerprint density at radius 2 is 2.32 bits per heavy atom. The quantitative estimate of drug-likeness (QED) is 0.830. The minimum atomic E-state index is 0.567. The van der Waals surface area contributed by atoms with Crippen LogP contribution in [0.4, 0.5) is 0 Å². The molecular weight excluding hydrogens is 300 g/mol. The van der Waals surface area contributed by atoms with Gasteiger partial charge >= 0.3 is 0 Å².